The van der Waals surface area contributed by atoms with Crippen molar-refractivity contribution in [2.75, 3.05) is 23.3 Å². The fraction of sp³-hybridized carbons (Fsp3) is 0.280. The molecule has 0 spiro atoms. The maximum Gasteiger partial charge on any atom is 0.405 e. The van der Waals surface area contributed by atoms with Gasteiger partial charge < -0.3 is 14.6 Å². The lowest BCUT2D eigenvalue weighted by molar-refractivity contribution is -0.115. The summed E-state index contributed by atoms with van der Waals surface area (Å²) in [6, 6.07) is 11.0. The number of halogens is 3. The van der Waals surface area contributed by atoms with E-state index in [-0.39, 0.29) is 23.3 Å². The van der Waals surface area contributed by atoms with Crippen molar-refractivity contribution in [1.29, 1.82) is 0 Å². The Labute approximate surface area is 204 Å². The number of hydrogen-bond donors (Lipinski definition) is 1. The van der Waals surface area contributed by atoms with Crippen LogP contribution in [-0.4, -0.2) is 44.9 Å². The molecule has 8 nitrogen and oxygen atoms in total. The third kappa shape index (κ3) is 4.95. The van der Waals surface area contributed by atoms with Crippen LogP contribution in [0.3, 0.4) is 0 Å². The second-order valence-electron chi connectivity index (χ2n) is 8.42. The highest BCUT2D eigenvalue weighted by atomic mass is 19.4. The first kappa shape index (κ1) is 23.6. The van der Waals surface area contributed by atoms with Crippen molar-refractivity contribution in [2.24, 2.45) is 0 Å². The van der Waals surface area contributed by atoms with Crippen molar-refractivity contribution < 1.29 is 22.4 Å². The molecule has 3 aromatic heterocycles. The molecule has 0 bridgehead atoms. The summed E-state index contributed by atoms with van der Waals surface area (Å²) in [5.74, 6) is -0.202. The van der Waals surface area contributed by atoms with Crippen molar-refractivity contribution >= 4 is 17.4 Å². The van der Waals surface area contributed by atoms with Crippen LogP contribution in [0.5, 0.6) is 0 Å². The smallest absolute Gasteiger partial charge is 0.405 e. The van der Waals surface area contributed by atoms with E-state index in [1.165, 1.54) is 24.1 Å². The van der Waals surface area contributed by atoms with Crippen LogP contribution in [-0.2, 0) is 12.8 Å². The Hall–Kier alpha value is -4.15. The summed E-state index contributed by atoms with van der Waals surface area (Å²) in [5.41, 5.74) is 4.18. The number of nitrogens with one attached hydrogen (secondary N) is 1. The number of fused-ring (bicyclic) bond motifs is 1. The van der Waals surface area contributed by atoms with Crippen molar-refractivity contribution in [3.05, 3.63) is 72.0 Å². The first-order valence-corrected chi connectivity index (χ1v) is 11.5. The molecule has 0 saturated heterocycles. The van der Waals surface area contributed by atoms with E-state index in [0.717, 1.165) is 36.3 Å². The minimum absolute atomic E-state index is 0.0240. The van der Waals surface area contributed by atoms with Gasteiger partial charge in [-0.05, 0) is 49.1 Å². The molecule has 1 amide bonds. The predicted octanol–water partition coefficient (Wildman–Crippen LogP) is 5.05. The summed E-state index contributed by atoms with van der Waals surface area (Å²) in [5, 5.41) is 6.90. The molecule has 0 radical (unpaired) electrons. The number of aryl methyl sites for hydroxylation is 2. The summed E-state index contributed by atoms with van der Waals surface area (Å²) < 4.78 is 44.8. The summed E-state index contributed by atoms with van der Waals surface area (Å²) >= 11 is 0. The van der Waals surface area contributed by atoms with E-state index in [4.69, 9.17) is 4.42 Å². The zero-order valence-corrected chi connectivity index (χ0v) is 19.4. The number of anilines is 2. The van der Waals surface area contributed by atoms with Crippen LogP contribution in [0.25, 0.3) is 17.1 Å². The van der Waals surface area contributed by atoms with Crippen molar-refractivity contribution in [1.82, 2.24) is 19.7 Å². The lowest BCUT2D eigenvalue weighted by Gasteiger charge is -2.24. The molecule has 1 N–H and O–H groups in total. The van der Waals surface area contributed by atoms with Crippen LogP contribution in [0.1, 0.15) is 35.1 Å². The van der Waals surface area contributed by atoms with Crippen LogP contribution in [0.2, 0.25) is 0 Å². The van der Waals surface area contributed by atoms with E-state index < -0.39 is 12.7 Å². The van der Waals surface area contributed by atoms with Gasteiger partial charge >= 0.3 is 6.18 Å². The molecule has 0 unspecified atom stereocenters. The lowest BCUT2D eigenvalue weighted by atomic mass is 10.1. The van der Waals surface area contributed by atoms with Crippen molar-refractivity contribution in [3.8, 4) is 17.1 Å². The number of benzene rings is 1. The zero-order valence-electron chi connectivity index (χ0n) is 19.4. The van der Waals surface area contributed by atoms with Gasteiger partial charge in [0, 0.05) is 18.3 Å². The molecular weight excluding hydrogens is 473 g/mol. The molecule has 0 fully saturated rings. The van der Waals surface area contributed by atoms with E-state index in [0.29, 0.717) is 12.1 Å². The molecule has 0 aliphatic carbocycles. The number of hydrogen-bond acceptors (Lipinski definition) is 6. The fourth-order valence-electron chi connectivity index (χ4n) is 4.05. The lowest BCUT2D eigenvalue weighted by Crippen LogP contribution is -2.35. The topological polar surface area (TPSA) is 89.1 Å². The fourth-order valence-corrected chi connectivity index (χ4v) is 4.05. The number of aromatic nitrogens is 4. The molecule has 1 aliphatic heterocycles. The van der Waals surface area contributed by atoms with Gasteiger partial charge in [0.25, 0.3) is 5.91 Å². The van der Waals surface area contributed by atoms with Gasteiger partial charge in [0.1, 0.15) is 18.6 Å². The predicted molar refractivity (Wildman–Crippen MR) is 127 cm³/mol. The maximum atomic E-state index is 13.3. The van der Waals surface area contributed by atoms with Gasteiger partial charge in [0.05, 0.1) is 23.3 Å². The van der Waals surface area contributed by atoms with Crippen LogP contribution < -0.4 is 10.2 Å². The van der Waals surface area contributed by atoms with Crippen molar-refractivity contribution in [3.63, 3.8) is 0 Å². The van der Waals surface area contributed by atoms with Gasteiger partial charge in [0.2, 0.25) is 5.89 Å². The highest BCUT2D eigenvalue weighted by molar-refractivity contribution is 6.05. The van der Waals surface area contributed by atoms with Gasteiger partial charge in [-0.2, -0.15) is 18.3 Å². The largest absolute Gasteiger partial charge is 0.444 e. The van der Waals surface area contributed by atoms with Crippen molar-refractivity contribution in [2.45, 2.75) is 32.4 Å². The SMILES string of the molecule is CCc1ccc(-n2cc3c(n2)CCCN3C(=O)c2coc(-c3ccnc(NCC(F)(F)F)c3)n2)cc1. The summed E-state index contributed by atoms with van der Waals surface area (Å²) in [4.78, 5) is 23.1. The minimum Gasteiger partial charge on any atom is -0.444 e. The highest BCUT2D eigenvalue weighted by Crippen LogP contribution is 2.30. The Kier molecular flexibility index (Phi) is 6.21. The quantitative estimate of drug-likeness (QED) is 0.402. The molecule has 0 saturated carbocycles. The Morgan fingerprint density at radius 3 is 2.75 bits per heavy atom. The average Bonchev–Trinajstić information content (AvgIpc) is 3.55. The average molecular weight is 496 g/mol. The molecule has 11 heteroatoms. The van der Waals surface area contributed by atoms with E-state index in [1.54, 1.807) is 15.6 Å². The van der Waals surface area contributed by atoms with E-state index in [2.05, 4.69) is 39.4 Å². The Morgan fingerprint density at radius 2 is 2.00 bits per heavy atom. The molecule has 4 heterocycles. The normalized spacial score (nSPS) is 13.5. The van der Waals surface area contributed by atoms with E-state index in [9.17, 15) is 18.0 Å². The minimum atomic E-state index is -4.37. The molecule has 0 atom stereocenters. The molecule has 1 aliphatic rings. The monoisotopic (exact) mass is 496 g/mol. The third-order valence-electron chi connectivity index (χ3n) is 5.91. The van der Waals surface area contributed by atoms with Gasteiger partial charge in [-0.1, -0.05) is 19.1 Å². The zero-order chi connectivity index (χ0) is 25.3. The number of alkyl halides is 3. The molecular formula is C25H23F3N6O2. The van der Waals surface area contributed by atoms with E-state index >= 15 is 0 Å². The summed E-state index contributed by atoms with van der Waals surface area (Å²) in [6.45, 7) is 1.39. The number of pyridine rings is 1. The Bertz CT molecular complexity index is 1380. The van der Waals surface area contributed by atoms with Gasteiger partial charge in [0.15, 0.2) is 5.69 Å². The van der Waals surface area contributed by atoms with Crippen LogP contribution in [0.15, 0.2) is 59.5 Å². The first-order valence-electron chi connectivity index (χ1n) is 11.5. The summed E-state index contributed by atoms with van der Waals surface area (Å²) in [7, 11) is 0. The Morgan fingerprint density at radius 1 is 1.19 bits per heavy atom. The molecule has 4 aromatic rings. The molecule has 5 rings (SSSR count). The molecule has 186 valence electrons. The van der Waals surface area contributed by atoms with E-state index in [1.807, 2.05) is 18.3 Å². The number of carbonyl (C=O) groups is 1. The van der Waals surface area contributed by atoms with Crippen LogP contribution >= 0.6 is 0 Å². The number of oxazole rings is 1. The number of rotatable bonds is 6. The number of amides is 1. The van der Waals surface area contributed by atoms with Gasteiger partial charge in [-0.15, -0.1) is 0 Å². The molecule has 36 heavy (non-hydrogen) atoms. The maximum absolute atomic E-state index is 13.3. The highest BCUT2D eigenvalue weighted by Gasteiger charge is 2.29. The second kappa shape index (κ2) is 9.48. The standard InChI is InChI=1S/C25H23F3N6O2/c1-2-16-5-7-18(8-6-16)34-13-21-19(32-34)4-3-11-33(21)24(35)20-14-36-23(31-20)17-9-10-29-22(12-17)30-15-25(26,27)28/h5-10,12-14H,2-4,11,15H2,1H3,(H,29,30). The molecule has 1 aromatic carbocycles. The van der Waals surface area contributed by atoms with Crippen LogP contribution in [0, 0.1) is 0 Å². The number of carbonyl (C=O) groups excluding carboxylic acids is 1. The second-order valence-corrected chi connectivity index (χ2v) is 8.42. The summed E-state index contributed by atoms with van der Waals surface area (Å²) in [6.07, 6.45) is 2.53. The van der Waals surface area contributed by atoms with Gasteiger partial charge in [-0.3, -0.25) is 4.79 Å². The number of nitrogens with zero attached hydrogens (tertiary/aromatic N) is 5. The third-order valence-corrected chi connectivity index (χ3v) is 5.91. The van der Waals surface area contributed by atoms with Gasteiger partial charge in [-0.25, -0.2) is 14.6 Å². The first-order chi connectivity index (χ1) is 17.3. The van der Waals surface area contributed by atoms with Crippen LogP contribution in [0.4, 0.5) is 24.7 Å². The Balaban J connectivity index is 1.36.